The predicted octanol–water partition coefficient (Wildman–Crippen LogP) is 3.95. The number of nitrogens with zero attached hydrogens (tertiary/aromatic N) is 4. The van der Waals surface area contributed by atoms with E-state index < -0.39 is 0 Å². The molecule has 0 aliphatic carbocycles. The van der Waals surface area contributed by atoms with Crippen LogP contribution >= 0.6 is 11.3 Å². The minimum absolute atomic E-state index is 0.0481. The summed E-state index contributed by atoms with van der Waals surface area (Å²) < 4.78 is 5.45. The molecular formula is C18H20N4O2S. The maximum Gasteiger partial charge on any atom is 0.254 e. The van der Waals surface area contributed by atoms with E-state index in [1.165, 1.54) is 0 Å². The predicted molar refractivity (Wildman–Crippen MR) is 96.6 cm³/mol. The lowest BCUT2D eigenvalue weighted by Crippen LogP contribution is -2.29. The molecule has 0 saturated carbocycles. The zero-order chi connectivity index (χ0) is 18.1. The smallest absolute Gasteiger partial charge is 0.254 e. The van der Waals surface area contributed by atoms with Gasteiger partial charge in [0.05, 0.1) is 16.7 Å². The lowest BCUT2D eigenvalue weighted by molar-refractivity contribution is 0.0744. The van der Waals surface area contributed by atoms with E-state index in [4.69, 9.17) is 4.42 Å². The lowest BCUT2D eigenvalue weighted by Gasteiger charge is -2.24. The fourth-order valence-electron chi connectivity index (χ4n) is 2.69. The second-order valence-electron chi connectivity index (χ2n) is 5.98. The Balaban J connectivity index is 1.86. The van der Waals surface area contributed by atoms with Crippen molar-refractivity contribution < 1.29 is 9.21 Å². The van der Waals surface area contributed by atoms with Gasteiger partial charge in [-0.3, -0.25) is 4.79 Å². The van der Waals surface area contributed by atoms with Gasteiger partial charge in [0.15, 0.2) is 0 Å². The first-order valence-corrected chi connectivity index (χ1v) is 8.80. The SMILES string of the molecule is Cc1nnc(-c2cccc(C(=O)N(C)C(C)c3sc(C)nc3C)c2)o1. The van der Waals surface area contributed by atoms with Crippen molar-refractivity contribution in [1.82, 2.24) is 20.1 Å². The van der Waals surface area contributed by atoms with Crippen LogP contribution in [-0.4, -0.2) is 33.0 Å². The first-order valence-electron chi connectivity index (χ1n) is 7.98. The Morgan fingerprint density at radius 2 is 2.00 bits per heavy atom. The molecule has 0 aliphatic heterocycles. The van der Waals surface area contributed by atoms with Gasteiger partial charge in [-0.15, -0.1) is 21.5 Å². The van der Waals surface area contributed by atoms with E-state index >= 15 is 0 Å². The molecule has 2 heterocycles. The zero-order valence-electron chi connectivity index (χ0n) is 14.9. The number of carbonyl (C=O) groups is 1. The van der Waals surface area contributed by atoms with Crippen molar-refractivity contribution in [3.8, 4) is 11.5 Å². The highest BCUT2D eigenvalue weighted by molar-refractivity contribution is 7.11. The topological polar surface area (TPSA) is 72.1 Å². The van der Waals surface area contributed by atoms with Crippen molar-refractivity contribution >= 4 is 17.2 Å². The quantitative estimate of drug-likeness (QED) is 0.708. The largest absolute Gasteiger partial charge is 0.421 e. The molecule has 1 amide bonds. The van der Waals surface area contributed by atoms with Crippen molar-refractivity contribution in [2.24, 2.45) is 0 Å². The summed E-state index contributed by atoms with van der Waals surface area (Å²) in [4.78, 5) is 20.2. The van der Waals surface area contributed by atoms with Crippen molar-refractivity contribution in [2.75, 3.05) is 7.05 Å². The Labute approximate surface area is 150 Å². The van der Waals surface area contributed by atoms with E-state index in [0.29, 0.717) is 17.3 Å². The standard InChI is InChI=1S/C18H20N4O2S/c1-10-16(25-13(4)19-10)11(2)22(5)18(23)15-8-6-7-14(9-15)17-21-20-12(3)24-17/h6-9,11H,1-5H3. The summed E-state index contributed by atoms with van der Waals surface area (Å²) in [6, 6.07) is 7.20. The van der Waals surface area contributed by atoms with Crippen molar-refractivity contribution in [3.05, 3.63) is 51.3 Å². The lowest BCUT2D eigenvalue weighted by atomic mass is 10.1. The number of aryl methyl sites for hydroxylation is 3. The van der Waals surface area contributed by atoms with E-state index in [1.54, 1.807) is 35.3 Å². The van der Waals surface area contributed by atoms with Gasteiger partial charge in [-0.1, -0.05) is 6.07 Å². The molecule has 1 atom stereocenters. The minimum Gasteiger partial charge on any atom is -0.421 e. The Bertz CT molecular complexity index is 915. The van der Waals surface area contributed by atoms with Gasteiger partial charge in [-0.2, -0.15) is 0 Å². The third-order valence-corrected chi connectivity index (χ3v) is 5.35. The van der Waals surface area contributed by atoms with E-state index in [-0.39, 0.29) is 11.9 Å². The van der Waals surface area contributed by atoms with Crippen LogP contribution in [-0.2, 0) is 0 Å². The number of hydrogen-bond acceptors (Lipinski definition) is 6. The van der Waals surface area contributed by atoms with Gasteiger partial charge in [0, 0.05) is 30.0 Å². The van der Waals surface area contributed by atoms with E-state index in [0.717, 1.165) is 21.1 Å². The van der Waals surface area contributed by atoms with Gasteiger partial charge < -0.3 is 9.32 Å². The summed E-state index contributed by atoms with van der Waals surface area (Å²) in [7, 11) is 1.81. The molecule has 0 radical (unpaired) electrons. The molecule has 0 aliphatic rings. The van der Waals surface area contributed by atoms with Crippen LogP contribution < -0.4 is 0 Å². The molecule has 25 heavy (non-hydrogen) atoms. The number of thiazole rings is 1. The number of hydrogen-bond donors (Lipinski definition) is 0. The number of aromatic nitrogens is 3. The summed E-state index contributed by atoms with van der Waals surface area (Å²) in [6.45, 7) is 7.71. The summed E-state index contributed by atoms with van der Waals surface area (Å²) in [5, 5.41) is 8.85. The molecule has 0 bridgehead atoms. The third kappa shape index (κ3) is 3.46. The molecule has 6 nitrogen and oxygen atoms in total. The Hall–Kier alpha value is -2.54. The molecule has 3 rings (SSSR count). The third-order valence-electron chi connectivity index (χ3n) is 4.10. The van der Waals surface area contributed by atoms with Gasteiger partial charge in [0.1, 0.15) is 0 Å². The van der Waals surface area contributed by atoms with Crippen LogP contribution in [0.4, 0.5) is 0 Å². The van der Waals surface area contributed by atoms with Gasteiger partial charge in [0.2, 0.25) is 11.8 Å². The van der Waals surface area contributed by atoms with E-state index in [9.17, 15) is 4.79 Å². The molecule has 1 unspecified atom stereocenters. The first kappa shape index (κ1) is 17.3. The molecule has 7 heteroatoms. The molecular weight excluding hydrogens is 336 g/mol. The van der Waals surface area contributed by atoms with Crippen LogP contribution in [0.5, 0.6) is 0 Å². The molecule has 0 saturated heterocycles. The van der Waals surface area contributed by atoms with Crippen LogP contribution in [0.3, 0.4) is 0 Å². The normalized spacial score (nSPS) is 12.2. The zero-order valence-corrected chi connectivity index (χ0v) is 15.7. The van der Waals surface area contributed by atoms with Gasteiger partial charge in [-0.25, -0.2) is 4.98 Å². The Morgan fingerprint density at radius 3 is 2.60 bits per heavy atom. The van der Waals surface area contributed by atoms with Crippen molar-refractivity contribution in [3.63, 3.8) is 0 Å². The van der Waals surface area contributed by atoms with Crippen LogP contribution in [0.25, 0.3) is 11.5 Å². The average molecular weight is 356 g/mol. The number of amides is 1. The molecule has 130 valence electrons. The van der Waals surface area contributed by atoms with Gasteiger partial charge >= 0.3 is 0 Å². The molecule has 0 N–H and O–H groups in total. The van der Waals surface area contributed by atoms with E-state index in [2.05, 4.69) is 15.2 Å². The second-order valence-corrected chi connectivity index (χ2v) is 7.22. The number of carbonyl (C=O) groups excluding carboxylic acids is 1. The van der Waals surface area contributed by atoms with Crippen LogP contribution in [0.2, 0.25) is 0 Å². The summed E-state index contributed by atoms with van der Waals surface area (Å²) in [5.74, 6) is 0.848. The van der Waals surface area contributed by atoms with Crippen LogP contribution in [0.1, 0.15) is 44.8 Å². The first-order chi connectivity index (χ1) is 11.9. The Morgan fingerprint density at radius 1 is 1.24 bits per heavy atom. The van der Waals surface area contributed by atoms with E-state index in [1.807, 2.05) is 40.0 Å². The van der Waals surface area contributed by atoms with Gasteiger partial charge in [0.25, 0.3) is 5.91 Å². The fourth-order valence-corrected chi connectivity index (χ4v) is 3.71. The van der Waals surface area contributed by atoms with Crippen LogP contribution in [0, 0.1) is 20.8 Å². The molecule has 0 fully saturated rings. The summed E-state index contributed by atoms with van der Waals surface area (Å²) in [5.41, 5.74) is 2.30. The molecule has 0 spiro atoms. The highest BCUT2D eigenvalue weighted by Crippen LogP contribution is 2.29. The maximum atomic E-state index is 12.9. The summed E-state index contributed by atoms with van der Waals surface area (Å²) >= 11 is 1.63. The molecule has 2 aromatic heterocycles. The van der Waals surface area contributed by atoms with Crippen molar-refractivity contribution in [1.29, 1.82) is 0 Å². The molecule has 1 aromatic carbocycles. The van der Waals surface area contributed by atoms with Gasteiger partial charge in [-0.05, 0) is 39.0 Å². The maximum absolute atomic E-state index is 12.9. The Kier molecular flexibility index (Phi) is 4.67. The fraction of sp³-hybridized carbons (Fsp3) is 0.333. The average Bonchev–Trinajstić information content (AvgIpc) is 3.18. The summed E-state index contributed by atoms with van der Waals surface area (Å²) in [6.07, 6.45) is 0. The highest BCUT2D eigenvalue weighted by Gasteiger charge is 2.23. The monoisotopic (exact) mass is 356 g/mol. The molecule has 3 aromatic rings. The number of benzene rings is 1. The van der Waals surface area contributed by atoms with Crippen molar-refractivity contribution in [2.45, 2.75) is 33.7 Å². The highest BCUT2D eigenvalue weighted by atomic mass is 32.1. The number of rotatable bonds is 4. The van der Waals surface area contributed by atoms with Crippen LogP contribution in [0.15, 0.2) is 28.7 Å². The minimum atomic E-state index is -0.0592. The second kappa shape index (κ2) is 6.76.